The van der Waals surface area contributed by atoms with E-state index in [0.29, 0.717) is 12.5 Å². The number of rotatable bonds is 4. The van der Waals surface area contributed by atoms with Crippen molar-refractivity contribution in [3.63, 3.8) is 0 Å². The minimum Gasteiger partial charge on any atom is -0.353 e. The summed E-state index contributed by atoms with van der Waals surface area (Å²) in [5.41, 5.74) is 0. The molecule has 3 atom stereocenters. The van der Waals surface area contributed by atoms with Gasteiger partial charge in [-0.2, -0.15) is 0 Å². The van der Waals surface area contributed by atoms with Crippen LogP contribution in [0.4, 0.5) is 0 Å². The number of amides is 2. The quantitative estimate of drug-likeness (QED) is 0.613. The molecule has 0 aromatic heterocycles. The van der Waals surface area contributed by atoms with E-state index in [-0.39, 0.29) is 30.4 Å². The molecule has 1 saturated heterocycles. The molecule has 0 aromatic rings. The van der Waals surface area contributed by atoms with Crippen LogP contribution in [-0.4, -0.2) is 37.0 Å². The van der Waals surface area contributed by atoms with Crippen molar-refractivity contribution in [3.8, 4) is 0 Å². The highest BCUT2D eigenvalue weighted by Gasteiger charge is 2.25. The summed E-state index contributed by atoms with van der Waals surface area (Å²) in [6.07, 6.45) is 1.04. The van der Waals surface area contributed by atoms with Gasteiger partial charge in [0, 0.05) is 12.6 Å². The van der Waals surface area contributed by atoms with E-state index in [1.165, 1.54) is 0 Å². The van der Waals surface area contributed by atoms with Gasteiger partial charge in [-0.3, -0.25) is 14.9 Å². The van der Waals surface area contributed by atoms with Gasteiger partial charge in [-0.1, -0.05) is 20.3 Å². The van der Waals surface area contributed by atoms with Crippen molar-refractivity contribution in [2.45, 2.75) is 39.3 Å². The van der Waals surface area contributed by atoms with Gasteiger partial charge in [-0.15, -0.1) is 0 Å². The van der Waals surface area contributed by atoms with Crippen molar-refractivity contribution < 1.29 is 9.59 Å². The van der Waals surface area contributed by atoms with E-state index < -0.39 is 0 Å². The van der Waals surface area contributed by atoms with Crippen LogP contribution in [0.5, 0.6) is 0 Å². The number of hydrogen-bond donors (Lipinski definition) is 3. The van der Waals surface area contributed by atoms with Gasteiger partial charge in [-0.05, 0) is 12.8 Å². The normalized spacial score (nSPS) is 24.4. The SMILES string of the molecule is CCC(C)C(C)NC(=O)C1CNC(=O)CN1. The van der Waals surface area contributed by atoms with Crippen LogP contribution in [0.1, 0.15) is 27.2 Å². The maximum Gasteiger partial charge on any atom is 0.239 e. The molecule has 0 aliphatic carbocycles. The second-order valence-corrected chi connectivity index (χ2v) is 4.42. The molecule has 1 aliphatic heterocycles. The zero-order valence-corrected chi connectivity index (χ0v) is 10.2. The number of carbonyl (C=O) groups excluding carboxylic acids is 2. The van der Waals surface area contributed by atoms with Crippen LogP contribution in [0.2, 0.25) is 0 Å². The first-order valence-corrected chi connectivity index (χ1v) is 5.85. The summed E-state index contributed by atoms with van der Waals surface area (Å²) in [6.45, 7) is 6.81. The Kier molecular flexibility index (Phi) is 4.73. The monoisotopic (exact) mass is 227 g/mol. The molecule has 5 nitrogen and oxygen atoms in total. The van der Waals surface area contributed by atoms with E-state index in [9.17, 15) is 9.59 Å². The first kappa shape index (κ1) is 13.0. The maximum absolute atomic E-state index is 11.8. The van der Waals surface area contributed by atoms with E-state index in [0.717, 1.165) is 6.42 Å². The molecule has 2 amide bonds. The second-order valence-electron chi connectivity index (χ2n) is 4.42. The lowest BCUT2D eigenvalue weighted by atomic mass is 10.0. The Bertz CT molecular complexity index is 258. The van der Waals surface area contributed by atoms with Crippen LogP contribution in [-0.2, 0) is 9.59 Å². The van der Waals surface area contributed by atoms with Crippen LogP contribution < -0.4 is 16.0 Å². The minimum absolute atomic E-state index is 0.0344. The average Bonchev–Trinajstić information content (AvgIpc) is 2.28. The molecule has 0 bridgehead atoms. The van der Waals surface area contributed by atoms with Gasteiger partial charge in [0.15, 0.2) is 0 Å². The van der Waals surface area contributed by atoms with Gasteiger partial charge in [0.25, 0.3) is 0 Å². The highest BCUT2D eigenvalue weighted by Crippen LogP contribution is 2.06. The summed E-state index contributed by atoms with van der Waals surface area (Å²) in [5.74, 6) is 0.369. The van der Waals surface area contributed by atoms with Crippen molar-refractivity contribution >= 4 is 11.8 Å². The summed E-state index contributed by atoms with van der Waals surface area (Å²) in [6, 6.07) is -0.138. The molecule has 0 aromatic carbocycles. The Hall–Kier alpha value is -1.10. The lowest BCUT2D eigenvalue weighted by Gasteiger charge is -2.26. The third kappa shape index (κ3) is 3.48. The van der Waals surface area contributed by atoms with Gasteiger partial charge in [0.05, 0.1) is 6.54 Å². The molecule has 92 valence electrons. The van der Waals surface area contributed by atoms with Crippen molar-refractivity contribution in [1.82, 2.24) is 16.0 Å². The van der Waals surface area contributed by atoms with Gasteiger partial charge in [0.2, 0.25) is 11.8 Å². The Morgan fingerprint density at radius 1 is 1.56 bits per heavy atom. The average molecular weight is 227 g/mol. The van der Waals surface area contributed by atoms with Crippen LogP contribution in [0.25, 0.3) is 0 Å². The van der Waals surface area contributed by atoms with Crippen molar-refractivity contribution in [2.75, 3.05) is 13.1 Å². The van der Waals surface area contributed by atoms with Crippen LogP contribution in [0.15, 0.2) is 0 Å². The molecule has 0 radical (unpaired) electrons. The largest absolute Gasteiger partial charge is 0.353 e. The molecule has 1 fully saturated rings. The zero-order valence-electron chi connectivity index (χ0n) is 10.2. The fraction of sp³-hybridized carbons (Fsp3) is 0.818. The topological polar surface area (TPSA) is 70.2 Å². The predicted molar refractivity (Wildman–Crippen MR) is 61.9 cm³/mol. The molecule has 0 spiro atoms. The molecule has 1 rings (SSSR count). The van der Waals surface area contributed by atoms with Crippen molar-refractivity contribution in [3.05, 3.63) is 0 Å². The lowest BCUT2D eigenvalue weighted by molar-refractivity contribution is -0.127. The van der Waals surface area contributed by atoms with Crippen LogP contribution >= 0.6 is 0 Å². The molecule has 3 N–H and O–H groups in total. The number of nitrogens with one attached hydrogen (secondary N) is 3. The van der Waals surface area contributed by atoms with E-state index in [4.69, 9.17) is 0 Å². The first-order valence-electron chi connectivity index (χ1n) is 5.85. The highest BCUT2D eigenvalue weighted by molar-refractivity contribution is 5.86. The zero-order chi connectivity index (χ0) is 12.1. The fourth-order valence-electron chi connectivity index (χ4n) is 1.57. The third-order valence-corrected chi connectivity index (χ3v) is 3.20. The fourth-order valence-corrected chi connectivity index (χ4v) is 1.57. The standard InChI is InChI=1S/C11H21N3O2/c1-4-7(2)8(3)14-11(16)9-5-13-10(15)6-12-9/h7-9,12H,4-6H2,1-3H3,(H,13,15)(H,14,16). The van der Waals surface area contributed by atoms with Gasteiger partial charge in [0.1, 0.15) is 6.04 Å². The highest BCUT2D eigenvalue weighted by atomic mass is 16.2. The minimum atomic E-state index is -0.302. The molecule has 1 heterocycles. The number of piperazine rings is 1. The van der Waals surface area contributed by atoms with Gasteiger partial charge in [-0.25, -0.2) is 0 Å². The van der Waals surface area contributed by atoms with Gasteiger partial charge >= 0.3 is 0 Å². The maximum atomic E-state index is 11.8. The molecule has 1 aliphatic rings. The summed E-state index contributed by atoms with van der Waals surface area (Å²) in [7, 11) is 0. The van der Waals surface area contributed by atoms with E-state index in [2.05, 4.69) is 29.8 Å². The lowest BCUT2D eigenvalue weighted by Crippen LogP contribution is -2.59. The van der Waals surface area contributed by atoms with Crippen molar-refractivity contribution in [2.24, 2.45) is 5.92 Å². The Morgan fingerprint density at radius 2 is 2.25 bits per heavy atom. The van der Waals surface area contributed by atoms with Crippen molar-refractivity contribution in [1.29, 1.82) is 0 Å². The Labute approximate surface area is 96.4 Å². The summed E-state index contributed by atoms with van der Waals surface area (Å²) < 4.78 is 0. The molecule has 16 heavy (non-hydrogen) atoms. The Morgan fingerprint density at radius 3 is 2.75 bits per heavy atom. The molecule has 5 heteroatoms. The van der Waals surface area contributed by atoms with E-state index >= 15 is 0 Å². The summed E-state index contributed by atoms with van der Waals surface area (Å²) >= 11 is 0. The van der Waals surface area contributed by atoms with Crippen LogP contribution in [0.3, 0.4) is 0 Å². The summed E-state index contributed by atoms with van der Waals surface area (Å²) in [5, 5.41) is 8.54. The van der Waals surface area contributed by atoms with Crippen LogP contribution in [0, 0.1) is 5.92 Å². The molecular formula is C11H21N3O2. The first-order chi connectivity index (χ1) is 7.54. The smallest absolute Gasteiger partial charge is 0.239 e. The molecule has 0 saturated carbocycles. The van der Waals surface area contributed by atoms with E-state index in [1.807, 2.05) is 6.92 Å². The predicted octanol–water partition coefficient (Wildman–Crippen LogP) is -0.375. The number of carbonyl (C=O) groups is 2. The third-order valence-electron chi connectivity index (χ3n) is 3.20. The van der Waals surface area contributed by atoms with E-state index in [1.54, 1.807) is 0 Å². The summed E-state index contributed by atoms with van der Waals surface area (Å²) in [4.78, 5) is 22.7. The second kappa shape index (κ2) is 5.84. The molecular weight excluding hydrogens is 206 g/mol. The number of hydrogen-bond acceptors (Lipinski definition) is 3. The Balaban J connectivity index is 2.37. The van der Waals surface area contributed by atoms with Gasteiger partial charge < -0.3 is 10.6 Å². The molecule has 3 unspecified atom stereocenters.